The summed E-state index contributed by atoms with van der Waals surface area (Å²) < 4.78 is 28.3. The molecule has 1 atom stereocenters. The van der Waals surface area contributed by atoms with Crippen molar-refractivity contribution in [3.05, 3.63) is 42.0 Å². The third-order valence-corrected chi connectivity index (χ3v) is 3.64. The van der Waals surface area contributed by atoms with Crippen LogP contribution in [0.3, 0.4) is 0 Å². The summed E-state index contributed by atoms with van der Waals surface area (Å²) in [5, 5.41) is 7.63. The SMILES string of the molecule is Cc1ccc(S(=O)(=O)OC[C@H](Cl)/C=C\C#N)cc1. The van der Waals surface area contributed by atoms with Crippen LogP contribution in [0.15, 0.2) is 41.3 Å². The summed E-state index contributed by atoms with van der Waals surface area (Å²) >= 11 is 5.75. The highest BCUT2D eigenvalue weighted by atomic mass is 35.5. The molecule has 4 nitrogen and oxygen atoms in total. The number of benzene rings is 1. The molecule has 0 N–H and O–H groups in total. The molecule has 0 heterocycles. The van der Waals surface area contributed by atoms with Crippen molar-refractivity contribution in [1.29, 1.82) is 5.26 Å². The lowest BCUT2D eigenvalue weighted by molar-refractivity contribution is 0.327. The third-order valence-electron chi connectivity index (χ3n) is 2.07. The van der Waals surface area contributed by atoms with Crippen LogP contribution >= 0.6 is 11.6 Å². The predicted octanol–water partition coefficient (Wildman–Crippen LogP) is 2.39. The fourth-order valence-electron chi connectivity index (χ4n) is 1.13. The van der Waals surface area contributed by atoms with Crippen molar-refractivity contribution in [1.82, 2.24) is 0 Å². The van der Waals surface area contributed by atoms with E-state index in [2.05, 4.69) is 0 Å². The maximum Gasteiger partial charge on any atom is 0.297 e. The fourth-order valence-corrected chi connectivity index (χ4v) is 2.27. The molecule has 1 aromatic carbocycles. The van der Waals surface area contributed by atoms with E-state index in [9.17, 15) is 8.42 Å². The molecule has 0 aliphatic rings. The van der Waals surface area contributed by atoms with Gasteiger partial charge in [0.1, 0.15) is 0 Å². The van der Waals surface area contributed by atoms with Gasteiger partial charge in [0.2, 0.25) is 0 Å². The summed E-state index contributed by atoms with van der Waals surface area (Å²) in [6.45, 7) is 1.65. The molecule has 1 rings (SSSR count). The molecule has 0 saturated heterocycles. The standard InChI is InChI=1S/C12H12ClNO3S/c1-10-4-6-12(7-5-10)18(15,16)17-9-11(13)3-2-8-14/h2-7,11H,9H2,1H3/b3-2-/t11-/m1/s1. The Morgan fingerprint density at radius 1 is 1.44 bits per heavy atom. The lowest BCUT2D eigenvalue weighted by Gasteiger charge is -2.07. The Bertz CT molecular complexity index is 558. The number of alkyl halides is 1. The molecule has 0 saturated carbocycles. The van der Waals surface area contributed by atoms with Crippen LogP contribution in [0.2, 0.25) is 0 Å². The van der Waals surface area contributed by atoms with Crippen LogP contribution in [0.25, 0.3) is 0 Å². The summed E-state index contributed by atoms with van der Waals surface area (Å²) in [5.41, 5.74) is 0.959. The number of rotatable bonds is 5. The Morgan fingerprint density at radius 3 is 2.61 bits per heavy atom. The zero-order chi connectivity index (χ0) is 13.6. The number of halogens is 1. The smallest absolute Gasteiger partial charge is 0.264 e. The number of allylic oxidation sites excluding steroid dienone is 1. The molecule has 0 fully saturated rings. The van der Waals surface area contributed by atoms with Gasteiger partial charge in [0, 0.05) is 6.08 Å². The summed E-state index contributed by atoms with van der Waals surface area (Å²) in [6.07, 6.45) is 2.55. The largest absolute Gasteiger partial charge is 0.297 e. The first kappa shape index (κ1) is 14.7. The Balaban J connectivity index is 2.69. The molecule has 0 aromatic heterocycles. The Hall–Kier alpha value is -1.35. The Labute approximate surface area is 112 Å². The third kappa shape index (κ3) is 4.49. The topological polar surface area (TPSA) is 67.2 Å². The lowest BCUT2D eigenvalue weighted by Crippen LogP contribution is -2.13. The first-order valence-electron chi connectivity index (χ1n) is 5.12. The van der Waals surface area contributed by atoms with Gasteiger partial charge in [-0.1, -0.05) is 23.8 Å². The zero-order valence-corrected chi connectivity index (χ0v) is 11.3. The maximum atomic E-state index is 11.8. The number of aryl methyl sites for hydroxylation is 1. The second kappa shape index (κ2) is 6.55. The minimum absolute atomic E-state index is 0.0845. The molecule has 0 radical (unpaired) electrons. The number of nitriles is 1. The molecule has 0 spiro atoms. The lowest BCUT2D eigenvalue weighted by atomic mass is 10.2. The van der Waals surface area contributed by atoms with Crippen LogP contribution < -0.4 is 0 Å². The van der Waals surface area contributed by atoms with E-state index in [-0.39, 0.29) is 11.5 Å². The molecule has 96 valence electrons. The Kier molecular flexibility index (Phi) is 5.35. The molecular weight excluding hydrogens is 274 g/mol. The van der Waals surface area contributed by atoms with E-state index in [0.29, 0.717) is 0 Å². The molecule has 0 unspecified atom stereocenters. The average Bonchev–Trinajstić information content (AvgIpc) is 2.34. The van der Waals surface area contributed by atoms with Gasteiger partial charge in [-0.2, -0.15) is 13.7 Å². The van der Waals surface area contributed by atoms with E-state index in [0.717, 1.165) is 5.56 Å². The highest BCUT2D eigenvalue weighted by molar-refractivity contribution is 7.86. The number of hydrogen-bond donors (Lipinski definition) is 0. The van der Waals surface area contributed by atoms with Crippen LogP contribution in [0, 0.1) is 18.3 Å². The van der Waals surface area contributed by atoms with E-state index < -0.39 is 15.5 Å². The highest BCUT2D eigenvalue weighted by Crippen LogP contribution is 2.14. The van der Waals surface area contributed by atoms with Gasteiger partial charge in [0.05, 0.1) is 22.9 Å². The van der Waals surface area contributed by atoms with Crippen molar-refractivity contribution < 1.29 is 12.6 Å². The zero-order valence-electron chi connectivity index (χ0n) is 9.71. The Morgan fingerprint density at radius 2 is 2.06 bits per heavy atom. The van der Waals surface area contributed by atoms with E-state index in [4.69, 9.17) is 21.0 Å². The second-order valence-electron chi connectivity index (χ2n) is 3.56. The van der Waals surface area contributed by atoms with Crippen LogP contribution in [0.4, 0.5) is 0 Å². The highest BCUT2D eigenvalue weighted by Gasteiger charge is 2.16. The fraction of sp³-hybridized carbons (Fsp3) is 0.250. The molecule has 1 aromatic rings. The molecule has 18 heavy (non-hydrogen) atoms. The van der Waals surface area contributed by atoms with E-state index in [1.165, 1.54) is 24.3 Å². The maximum absolute atomic E-state index is 11.8. The van der Waals surface area contributed by atoms with Crippen LogP contribution in [-0.4, -0.2) is 20.4 Å². The quantitative estimate of drug-likeness (QED) is 0.473. The summed E-state index contributed by atoms with van der Waals surface area (Å²) in [7, 11) is -3.80. The van der Waals surface area contributed by atoms with Gasteiger partial charge >= 0.3 is 0 Å². The molecule has 6 heteroatoms. The molecule has 0 aliphatic heterocycles. The first-order valence-corrected chi connectivity index (χ1v) is 6.96. The van der Waals surface area contributed by atoms with Gasteiger partial charge in [-0.15, -0.1) is 11.6 Å². The van der Waals surface area contributed by atoms with Crippen molar-refractivity contribution in [2.24, 2.45) is 0 Å². The van der Waals surface area contributed by atoms with Gasteiger partial charge in [-0.3, -0.25) is 4.18 Å². The first-order chi connectivity index (χ1) is 8.45. The van der Waals surface area contributed by atoms with Gasteiger partial charge in [-0.05, 0) is 19.1 Å². The molecule has 0 amide bonds. The summed E-state index contributed by atoms with van der Waals surface area (Å²) in [4.78, 5) is 0.0845. The van der Waals surface area contributed by atoms with Gasteiger partial charge in [0.15, 0.2) is 0 Å². The van der Waals surface area contributed by atoms with Crippen molar-refractivity contribution in [3.8, 4) is 6.07 Å². The summed E-state index contributed by atoms with van der Waals surface area (Å²) in [5.74, 6) is 0. The monoisotopic (exact) mass is 285 g/mol. The van der Waals surface area contributed by atoms with Crippen molar-refractivity contribution in [2.45, 2.75) is 17.2 Å². The van der Waals surface area contributed by atoms with Gasteiger partial charge in [0.25, 0.3) is 10.1 Å². The van der Waals surface area contributed by atoms with Gasteiger partial charge < -0.3 is 0 Å². The van der Waals surface area contributed by atoms with Crippen molar-refractivity contribution in [2.75, 3.05) is 6.61 Å². The van der Waals surface area contributed by atoms with E-state index >= 15 is 0 Å². The molecule has 0 aliphatic carbocycles. The second-order valence-corrected chi connectivity index (χ2v) is 5.73. The van der Waals surface area contributed by atoms with E-state index in [1.807, 2.05) is 6.92 Å². The predicted molar refractivity (Wildman–Crippen MR) is 68.7 cm³/mol. The molecular formula is C12H12ClNO3S. The minimum atomic E-state index is -3.80. The van der Waals surface area contributed by atoms with E-state index in [1.54, 1.807) is 18.2 Å². The summed E-state index contributed by atoms with van der Waals surface area (Å²) in [6, 6.07) is 8.08. The minimum Gasteiger partial charge on any atom is -0.264 e. The number of nitrogens with zero attached hydrogens (tertiary/aromatic N) is 1. The van der Waals surface area contributed by atoms with Crippen LogP contribution in [0.5, 0.6) is 0 Å². The van der Waals surface area contributed by atoms with Crippen LogP contribution in [-0.2, 0) is 14.3 Å². The van der Waals surface area contributed by atoms with Crippen LogP contribution in [0.1, 0.15) is 5.56 Å². The molecule has 0 bridgehead atoms. The number of hydrogen-bond acceptors (Lipinski definition) is 4. The average molecular weight is 286 g/mol. The van der Waals surface area contributed by atoms with Gasteiger partial charge in [-0.25, -0.2) is 0 Å². The van der Waals surface area contributed by atoms with Crippen molar-refractivity contribution >= 4 is 21.7 Å². The normalized spacial score (nSPS) is 13.4. The van der Waals surface area contributed by atoms with Crippen molar-refractivity contribution in [3.63, 3.8) is 0 Å².